The van der Waals surface area contributed by atoms with E-state index in [2.05, 4.69) is 10.6 Å². The molecule has 0 aliphatic carbocycles. The van der Waals surface area contributed by atoms with Crippen LogP contribution in [0.25, 0.3) is 0 Å². The molecule has 2 amide bonds. The van der Waals surface area contributed by atoms with Gasteiger partial charge in [0, 0.05) is 17.4 Å². The van der Waals surface area contributed by atoms with Gasteiger partial charge < -0.3 is 15.4 Å². The zero-order valence-electron chi connectivity index (χ0n) is 11.6. The summed E-state index contributed by atoms with van der Waals surface area (Å²) in [4.78, 5) is 23.5. The van der Waals surface area contributed by atoms with Crippen LogP contribution in [-0.2, 0) is 9.59 Å². The Hall–Kier alpha value is -2.82. The minimum atomic E-state index is -0.378. The number of hydrogen-bond donors (Lipinski definition) is 2. The van der Waals surface area contributed by atoms with Gasteiger partial charge in [-0.1, -0.05) is 24.3 Å². The summed E-state index contributed by atoms with van der Waals surface area (Å²) in [7, 11) is 1.55. The topological polar surface area (TPSA) is 67.4 Å². The molecule has 0 radical (unpaired) electrons. The van der Waals surface area contributed by atoms with E-state index in [4.69, 9.17) is 4.74 Å². The van der Waals surface area contributed by atoms with E-state index in [1.54, 1.807) is 43.5 Å². The molecule has 0 aliphatic heterocycles. The molecular weight excluding hydrogens is 268 g/mol. The second-order valence-electron chi connectivity index (χ2n) is 4.37. The van der Waals surface area contributed by atoms with Crippen molar-refractivity contribution in [1.82, 2.24) is 0 Å². The van der Waals surface area contributed by atoms with E-state index in [0.29, 0.717) is 17.1 Å². The average molecular weight is 284 g/mol. The van der Waals surface area contributed by atoms with Gasteiger partial charge in [-0.05, 0) is 24.3 Å². The summed E-state index contributed by atoms with van der Waals surface area (Å²) in [5.74, 6) is -0.0974. The fourth-order valence-corrected chi connectivity index (χ4v) is 1.78. The van der Waals surface area contributed by atoms with Crippen molar-refractivity contribution in [2.75, 3.05) is 17.7 Å². The van der Waals surface area contributed by atoms with Crippen LogP contribution < -0.4 is 15.4 Å². The molecule has 108 valence electrons. The van der Waals surface area contributed by atoms with Gasteiger partial charge in [0.1, 0.15) is 12.2 Å². The van der Waals surface area contributed by atoms with Crippen molar-refractivity contribution in [3.63, 3.8) is 0 Å². The molecule has 0 saturated carbocycles. The molecule has 2 N–H and O–H groups in total. The molecule has 2 rings (SSSR count). The SMILES string of the molecule is COc1cccc(NC(=O)CC(=O)Nc2ccccc2)c1. The van der Waals surface area contributed by atoms with Crippen LogP contribution in [0.1, 0.15) is 6.42 Å². The molecule has 5 heteroatoms. The number of carbonyl (C=O) groups is 2. The van der Waals surface area contributed by atoms with Crippen LogP contribution in [0, 0.1) is 0 Å². The number of amides is 2. The van der Waals surface area contributed by atoms with Crippen molar-refractivity contribution >= 4 is 23.2 Å². The van der Waals surface area contributed by atoms with Gasteiger partial charge in [0.25, 0.3) is 0 Å². The molecule has 2 aromatic rings. The summed E-state index contributed by atoms with van der Waals surface area (Å²) in [6.07, 6.45) is -0.244. The monoisotopic (exact) mass is 284 g/mol. The van der Waals surface area contributed by atoms with Crippen molar-refractivity contribution in [2.45, 2.75) is 6.42 Å². The number of anilines is 2. The first-order valence-corrected chi connectivity index (χ1v) is 6.46. The van der Waals surface area contributed by atoms with Gasteiger partial charge >= 0.3 is 0 Å². The number of ether oxygens (including phenoxy) is 1. The average Bonchev–Trinajstić information content (AvgIpc) is 2.48. The Labute approximate surface area is 122 Å². The second kappa shape index (κ2) is 7.09. The first-order chi connectivity index (χ1) is 10.2. The minimum absolute atomic E-state index is 0.244. The second-order valence-corrected chi connectivity index (χ2v) is 4.37. The molecule has 0 aromatic heterocycles. The lowest BCUT2D eigenvalue weighted by molar-refractivity contribution is -0.123. The number of methoxy groups -OCH3 is 1. The van der Waals surface area contributed by atoms with Crippen molar-refractivity contribution in [2.24, 2.45) is 0 Å². The number of para-hydroxylation sites is 1. The number of carbonyl (C=O) groups excluding carboxylic acids is 2. The summed E-state index contributed by atoms with van der Waals surface area (Å²) >= 11 is 0. The summed E-state index contributed by atoms with van der Waals surface area (Å²) < 4.78 is 5.07. The van der Waals surface area contributed by atoms with E-state index in [1.165, 1.54) is 0 Å². The van der Waals surface area contributed by atoms with Gasteiger partial charge in [0.2, 0.25) is 11.8 Å². The Bertz CT molecular complexity index is 626. The first-order valence-electron chi connectivity index (χ1n) is 6.46. The van der Waals surface area contributed by atoms with Crippen LogP contribution in [0.4, 0.5) is 11.4 Å². The largest absolute Gasteiger partial charge is 0.497 e. The zero-order valence-corrected chi connectivity index (χ0v) is 11.6. The number of rotatable bonds is 5. The van der Waals surface area contributed by atoms with Crippen LogP contribution in [0.3, 0.4) is 0 Å². The van der Waals surface area contributed by atoms with Crippen LogP contribution >= 0.6 is 0 Å². The van der Waals surface area contributed by atoms with E-state index in [0.717, 1.165) is 0 Å². The molecule has 0 bridgehead atoms. The third-order valence-electron chi connectivity index (χ3n) is 2.73. The van der Waals surface area contributed by atoms with Crippen molar-refractivity contribution in [1.29, 1.82) is 0 Å². The number of nitrogens with one attached hydrogen (secondary N) is 2. The molecule has 5 nitrogen and oxygen atoms in total. The summed E-state index contributed by atoms with van der Waals surface area (Å²) in [6, 6.07) is 16.0. The highest BCUT2D eigenvalue weighted by atomic mass is 16.5. The zero-order chi connectivity index (χ0) is 15.1. The molecule has 2 aromatic carbocycles. The third kappa shape index (κ3) is 4.65. The molecule has 0 aliphatic rings. The highest BCUT2D eigenvalue weighted by Gasteiger charge is 2.10. The lowest BCUT2D eigenvalue weighted by Gasteiger charge is -2.07. The molecule has 0 spiro atoms. The maximum absolute atomic E-state index is 11.8. The minimum Gasteiger partial charge on any atom is -0.497 e. The van der Waals surface area contributed by atoms with Gasteiger partial charge in [-0.15, -0.1) is 0 Å². The molecule has 0 atom stereocenters. The fourth-order valence-electron chi connectivity index (χ4n) is 1.78. The highest BCUT2D eigenvalue weighted by molar-refractivity contribution is 6.08. The molecule has 0 unspecified atom stereocenters. The Morgan fingerprint density at radius 2 is 1.52 bits per heavy atom. The third-order valence-corrected chi connectivity index (χ3v) is 2.73. The van der Waals surface area contributed by atoms with Crippen molar-refractivity contribution in [3.8, 4) is 5.75 Å². The van der Waals surface area contributed by atoms with E-state index in [-0.39, 0.29) is 18.2 Å². The van der Waals surface area contributed by atoms with Crippen molar-refractivity contribution < 1.29 is 14.3 Å². The van der Waals surface area contributed by atoms with Gasteiger partial charge in [0.15, 0.2) is 0 Å². The maximum atomic E-state index is 11.8. The Kier molecular flexibility index (Phi) is 4.93. The number of benzene rings is 2. The van der Waals surface area contributed by atoms with Crippen molar-refractivity contribution in [3.05, 3.63) is 54.6 Å². The van der Waals surface area contributed by atoms with Crippen LogP contribution in [0.15, 0.2) is 54.6 Å². The van der Waals surface area contributed by atoms with Gasteiger partial charge in [-0.2, -0.15) is 0 Å². The van der Waals surface area contributed by atoms with Gasteiger partial charge in [-0.3, -0.25) is 9.59 Å². The number of hydrogen-bond acceptors (Lipinski definition) is 3. The molecule has 0 heterocycles. The molecule has 21 heavy (non-hydrogen) atoms. The smallest absolute Gasteiger partial charge is 0.233 e. The van der Waals surface area contributed by atoms with E-state index in [9.17, 15) is 9.59 Å². The molecule has 0 fully saturated rings. The molecule has 0 saturated heterocycles. The van der Waals surface area contributed by atoms with E-state index < -0.39 is 0 Å². The van der Waals surface area contributed by atoms with E-state index in [1.807, 2.05) is 18.2 Å². The standard InChI is InChI=1S/C16H16N2O3/c1-21-14-9-5-8-13(10-14)18-16(20)11-15(19)17-12-6-3-2-4-7-12/h2-10H,11H2,1H3,(H,17,19)(H,18,20). The van der Waals surface area contributed by atoms with Gasteiger partial charge in [-0.25, -0.2) is 0 Å². The summed E-state index contributed by atoms with van der Waals surface area (Å²) in [5, 5.41) is 5.31. The van der Waals surface area contributed by atoms with E-state index >= 15 is 0 Å². The predicted molar refractivity (Wildman–Crippen MR) is 81.3 cm³/mol. The quantitative estimate of drug-likeness (QED) is 0.829. The predicted octanol–water partition coefficient (Wildman–Crippen LogP) is 2.66. The lowest BCUT2D eigenvalue weighted by Crippen LogP contribution is -2.21. The summed E-state index contributed by atoms with van der Waals surface area (Å²) in [6.45, 7) is 0. The molecular formula is C16H16N2O3. The first kappa shape index (κ1) is 14.6. The lowest BCUT2D eigenvalue weighted by atomic mass is 10.2. The maximum Gasteiger partial charge on any atom is 0.233 e. The highest BCUT2D eigenvalue weighted by Crippen LogP contribution is 2.16. The fraction of sp³-hybridized carbons (Fsp3) is 0.125. The van der Waals surface area contributed by atoms with Gasteiger partial charge in [0.05, 0.1) is 7.11 Å². The normalized spacial score (nSPS) is 9.76. The van der Waals surface area contributed by atoms with Crippen LogP contribution in [0.5, 0.6) is 5.75 Å². The Morgan fingerprint density at radius 1 is 0.905 bits per heavy atom. The van der Waals surface area contributed by atoms with Crippen LogP contribution in [0.2, 0.25) is 0 Å². The van der Waals surface area contributed by atoms with Crippen LogP contribution in [-0.4, -0.2) is 18.9 Å². The summed E-state index contributed by atoms with van der Waals surface area (Å²) in [5.41, 5.74) is 1.25. The Morgan fingerprint density at radius 3 is 2.19 bits per heavy atom. The Balaban J connectivity index is 1.87.